The van der Waals surface area contributed by atoms with E-state index in [9.17, 15) is 0 Å². The highest BCUT2D eigenvalue weighted by Gasteiger charge is 2.40. The summed E-state index contributed by atoms with van der Waals surface area (Å²) >= 11 is 0. The van der Waals surface area contributed by atoms with E-state index in [-0.39, 0.29) is 17.8 Å². The number of nitrogens with zero attached hydrogens (tertiary/aromatic N) is 3. The molecule has 3 aliphatic rings. The zero-order valence-electron chi connectivity index (χ0n) is 30.7. The van der Waals surface area contributed by atoms with Crippen LogP contribution in [0.4, 0.5) is 0 Å². The van der Waals surface area contributed by atoms with Crippen molar-refractivity contribution in [1.82, 2.24) is 4.57 Å². The van der Waals surface area contributed by atoms with Crippen molar-refractivity contribution in [2.75, 3.05) is 0 Å². The largest absolute Gasteiger partial charge is 0.300 e. The van der Waals surface area contributed by atoms with Crippen molar-refractivity contribution in [3.05, 3.63) is 222 Å². The third-order valence-corrected chi connectivity index (χ3v) is 11.5. The molecule has 10 rings (SSSR count). The SMILES string of the molecule is C=CC1C=CC=C/C1=C(/N=C/n1c2ccccc2c2cc3c(cc21)C1C(=C(c2ccccc2)N=C(c2ccccc2)C1C)c1ccccc1-3)c1ccccc1. The highest BCUT2D eigenvalue weighted by molar-refractivity contribution is 6.17. The number of hydrogen-bond acceptors (Lipinski definition) is 2. The fourth-order valence-electron chi connectivity index (χ4n) is 8.97. The molecule has 3 unspecified atom stereocenters. The molecule has 0 bridgehead atoms. The van der Waals surface area contributed by atoms with Crippen molar-refractivity contribution < 1.29 is 0 Å². The van der Waals surface area contributed by atoms with Crippen LogP contribution in [0.2, 0.25) is 0 Å². The first-order valence-corrected chi connectivity index (χ1v) is 19.1. The van der Waals surface area contributed by atoms with Crippen molar-refractivity contribution in [3.63, 3.8) is 0 Å². The number of aromatic nitrogens is 1. The molecule has 6 aromatic carbocycles. The summed E-state index contributed by atoms with van der Waals surface area (Å²) in [6.45, 7) is 6.52. The monoisotopic (exact) mass is 705 g/mol. The maximum atomic E-state index is 5.56. The number of para-hydroxylation sites is 1. The average molecular weight is 706 g/mol. The minimum absolute atomic E-state index is 0.0693. The topological polar surface area (TPSA) is 29.6 Å². The maximum absolute atomic E-state index is 5.56. The van der Waals surface area contributed by atoms with Gasteiger partial charge in [0.25, 0.3) is 0 Å². The summed E-state index contributed by atoms with van der Waals surface area (Å²) < 4.78 is 2.29. The first-order valence-electron chi connectivity index (χ1n) is 19.1. The molecule has 55 heavy (non-hydrogen) atoms. The quantitative estimate of drug-likeness (QED) is 0.0937. The van der Waals surface area contributed by atoms with Crippen LogP contribution in [0.15, 0.2) is 204 Å². The van der Waals surface area contributed by atoms with Crippen LogP contribution in [-0.2, 0) is 0 Å². The van der Waals surface area contributed by atoms with E-state index in [1.807, 2.05) is 12.4 Å². The molecule has 0 fully saturated rings. The van der Waals surface area contributed by atoms with Crippen molar-refractivity contribution in [3.8, 4) is 11.1 Å². The molecule has 1 aromatic heterocycles. The van der Waals surface area contributed by atoms with E-state index < -0.39 is 0 Å². The van der Waals surface area contributed by atoms with Gasteiger partial charge in [-0.25, -0.2) is 4.99 Å². The van der Waals surface area contributed by atoms with Crippen LogP contribution in [0.3, 0.4) is 0 Å². The Balaban J connectivity index is 1.25. The van der Waals surface area contributed by atoms with Gasteiger partial charge in [-0.15, -0.1) is 6.58 Å². The molecule has 2 aliphatic carbocycles. The Bertz CT molecular complexity index is 2830. The lowest BCUT2D eigenvalue weighted by Crippen LogP contribution is -2.28. The standard InChI is InChI=1S/C52H39N3/c1-3-35-19-13-14-26-39(35)51(37-22-9-5-10-23-37)53-33-55-46-30-18-17-28-41(46)44-31-43-40-27-15-16-29-42(40)49-48(45(43)32-47(44)55)34(2)50(36-20-7-4-8-21-36)54-52(49)38-24-11-6-12-25-38/h3-35,48H,1H2,2H3/b51-39-,53-33+. The lowest BCUT2D eigenvalue weighted by molar-refractivity contribution is 0.685. The third-order valence-electron chi connectivity index (χ3n) is 11.5. The minimum Gasteiger partial charge on any atom is -0.300 e. The van der Waals surface area contributed by atoms with Crippen LogP contribution in [0.5, 0.6) is 0 Å². The summed E-state index contributed by atoms with van der Waals surface area (Å²) in [4.78, 5) is 10.9. The predicted molar refractivity (Wildman–Crippen MR) is 232 cm³/mol. The van der Waals surface area contributed by atoms with E-state index in [0.717, 1.165) is 50.4 Å². The molecule has 0 radical (unpaired) electrons. The van der Waals surface area contributed by atoms with E-state index in [2.05, 4.69) is 194 Å². The molecule has 0 N–H and O–H groups in total. The molecular formula is C52H39N3. The van der Waals surface area contributed by atoms with Crippen LogP contribution >= 0.6 is 0 Å². The van der Waals surface area contributed by atoms with Gasteiger partial charge in [-0.1, -0.05) is 171 Å². The Labute approximate surface area is 322 Å². The van der Waals surface area contributed by atoms with Crippen molar-refractivity contribution >= 4 is 50.8 Å². The van der Waals surface area contributed by atoms with E-state index in [0.29, 0.717) is 0 Å². The normalized spacial score (nSPS) is 19.7. The van der Waals surface area contributed by atoms with Crippen LogP contribution in [0.1, 0.15) is 40.7 Å². The lowest BCUT2D eigenvalue weighted by atomic mass is 9.66. The first-order chi connectivity index (χ1) is 27.2. The second kappa shape index (κ2) is 13.5. The summed E-state index contributed by atoms with van der Waals surface area (Å²) in [5.74, 6) is 0.271. The van der Waals surface area contributed by atoms with Gasteiger partial charge >= 0.3 is 0 Å². The Kier molecular flexibility index (Phi) is 8.07. The van der Waals surface area contributed by atoms with Gasteiger partial charge in [-0.2, -0.15) is 0 Å². The van der Waals surface area contributed by atoms with E-state index in [1.54, 1.807) is 0 Å². The number of fused-ring (bicyclic) bond motifs is 9. The van der Waals surface area contributed by atoms with Gasteiger partial charge in [-0.05, 0) is 57.2 Å². The summed E-state index contributed by atoms with van der Waals surface area (Å²) in [6, 6.07) is 54.4. The van der Waals surface area contributed by atoms with Gasteiger partial charge in [0.05, 0.1) is 28.1 Å². The molecule has 7 aromatic rings. The van der Waals surface area contributed by atoms with Gasteiger partial charge in [-0.3, -0.25) is 9.56 Å². The van der Waals surface area contributed by atoms with Crippen molar-refractivity contribution in [1.29, 1.82) is 0 Å². The minimum atomic E-state index is 0.0693. The van der Waals surface area contributed by atoms with Gasteiger partial charge < -0.3 is 0 Å². The molecule has 2 heterocycles. The zero-order chi connectivity index (χ0) is 36.9. The molecule has 0 saturated heterocycles. The van der Waals surface area contributed by atoms with E-state index in [1.165, 1.54) is 38.6 Å². The van der Waals surface area contributed by atoms with Gasteiger partial charge in [0.1, 0.15) is 6.34 Å². The van der Waals surface area contributed by atoms with E-state index in [4.69, 9.17) is 9.98 Å². The Morgan fingerprint density at radius 1 is 0.673 bits per heavy atom. The van der Waals surface area contributed by atoms with Gasteiger partial charge in [0.15, 0.2) is 0 Å². The molecule has 262 valence electrons. The molecule has 0 amide bonds. The second-order valence-corrected chi connectivity index (χ2v) is 14.6. The summed E-state index contributed by atoms with van der Waals surface area (Å²) in [5.41, 5.74) is 16.3. The molecule has 0 spiro atoms. The first kappa shape index (κ1) is 32.8. The van der Waals surface area contributed by atoms with Crippen LogP contribution in [-0.4, -0.2) is 16.6 Å². The highest BCUT2D eigenvalue weighted by Crippen LogP contribution is 2.56. The smallest absolute Gasteiger partial charge is 0.100 e. The molecule has 0 saturated carbocycles. The third kappa shape index (κ3) is 5.42. The van der Waals surface area contributed by atoms with Crippen LogP contribution < -0.4 is 0 Å². The van der Waals surface area contributed by atoms with Crippen molar-refractivity contribution in [2.24, 2.45) is 21.8 Å². The zero-order valence-corrected chi connectivity index (χ0v) is 30.7. The van der Waals surface area contributed by atoms with Gasteiger partial charge in [0, 0.05) is 39.7 Å². The number of aliphatic imine (C=N–C) groups is 2. The second-order valence-electron chi connectivity index (χ2n) is 14.6. The van der Waals surface area contributed by atoms with Crippen LogP contribution in [0, 0.1) is 11.8 Å². The molecule has 3 atom stereocenters. The molecular weight excluding hydrogens is 667 g/mol. The maximum Gasteiger partial charge on any atom is 0.100 e. The Hall–Kier alpha value is -6.84. The fraction of sp³-hybridized carbons (Fsp3) is 0.0769. The molecule has 3 nitrogen and oxygen atoms in total. The lowest BCUT2D eigenvalue weighted by Gasteiger charge is -2.39. The number of allylic oxidation sites excluding steroid dienone is 7. The Morgan fingerprint density at radius 2 is 1.35 bits per heavy atom. The van der Waals surface area contributed by atoms with Crippen molar-refractivity contribution in [2.45, 2.75) is 12.8 Å². The highest BCUT2D eigenvalue weighted by atomic mass is 15.0. The summed E-state index contributed by atoms with van der Waals surface area (Å²) in [5, 5.41) is 2.42. The van der Waals surface area contributed by atoms with E-state index >= 15 is 0 Å². The molecule has 3 heteroatoms. The average Bonchev–Trinajstić information content (AvgIpc) is 3.56. The van der Waals surface area contributed by atoms with Gasteiger partial charge in [0.2, 0.25) is 0 Å². The number of benzene rings is 6. The summed E-state index contributed by atoms with van der Waals surface area (Å²) in [7, 11) is 0. The fourth-order valence-corrected chi connectivity index (χ4v) is 8.97. The predicted octanol–water partition coefficient (Wildman–Crippen LogP) is 12.8. The van der Waals surface area contributed by atoms with Crippen LogP contribution in [0.25, 0.3) is 49.9 Å². The number of rotatable bonds is 6. The molecule has 1 aliphatic heterocycles. The Morgan fingerprint density at radius 3 is 2.11 bits per heavy atom. The summed E-state index contributed by atoms with van der Waals surface area (Å²) in [6.07, 6.45) is 12.5. The number of hydrogen-bond donors (Lipinski definition) is 0.